The van der Waals surface area contributed by atoms with E-state index in [2.05, 4.69) is 4.99 Å². The summed E-state index contributed by atoms with van der Waals surface area (Å²) in [5.74, 6) is 0. The zero-order chi connectivity index (χ0) is 10.5. The Labute approximate surface area is 88.2 Å². The van der Waals surface area contributed by atoms with Gasteiger partial charge in [-0.05, 0) is 12.1 Å². The van der Waals surface area contributed by atoms with Gasteiger partial charge in [-0.3, -0.25) is 0 Å². The summed E-state index contributed by atoms with van der Waals surface area (Å²) in [5.41, 5.74) is 0.640. The molecule has 0 atom stereocenters. The minimum absolute atomic E-state index is 0.426. The first-order valence-corrected chi connectivity index (χ1v) is 4.98. The third-order valence-electron chi connectivity index (χ3n) is 2.25. The molecule has 0 bridgehead atoms. The summed E-state index contributed by atoms with van der Waals surface area (Å²) >= 11 is 0. The molecule has 1 aliphatic rings. The topological polar surface area (TPSA) is 24.8 Å². The number of hydrogen-bond donors (Lipinski definition) is 0. The van der Waals surface area contributed by atoms with Crippen molar-refractivity contribution in [2.45, 2.75) is 0 Å². The highest BCUT2D eigenvalue weighted by Crippen LogP contribution is 2.12. The number of aliphatic imine (C=N–C) groups is 1. The van der Waals surface area contributed by atoms with Crippen molar-refractivity contribution in [3.63, 3.8) is 0 Å². The first kappa shape index (κ1) is 10.1. The van der Waals surface area contributed by atoms with Crippen LogP contribution in [-0.2, 0) is 4.74 Å². The smallest absolute Gasteiger partial charge is 0.285 e. The van der Waals surface area contributed by atoms with Crippen molar-refractivity contribution in [1.82, 2.24) is 4.90 Å². The van der Waals surface area contributed by atoms with Crippen LogP contribution in [0.15, 0.2) is 35.3 Å². The molecule has 0 amide bonds. The summed E-state index contributed by atoms with van der Waals surface area (Å²) in [6.07, 6.45) is -0.426. The maximum Gasteiger partial charge on any atom is 0.285 e. The monoisotopic (exact) mass is 208 g/mol. The minimum atomic E-state index is -0.426. The number of halogens is 1. The van der Waals surface area contributed by atoms with Crippen molar-refractivity contribution in [2.75, 3.05) is 26.3 Å². The molecule has 2 rings (SSSR count). The molecule has 0 aromatic heterocycles. The zero-order valence-electron chi connectivity index (χ0n) is 8.40. The standard InChI is InChI=1S/C11H13FN2O/c12-11(14-6-8-15-9-7-14)13-10-4-2-1-3-5-10/h1-5H,6-9H2. The molecule has 80 valence electrons. The molecule has 0 saturated carbocycles. The SMILES string of the molecule is FC(=Nc1ccccc1)N1CCOCC1. The molecule has 4 heteroatoms. The fourth-order valence-electron chi connectivity index (χ4n) is 1.43. The average Bonchev–Trinajstić information content (AvgIpc) is 2.31. The number of nitrogens with zero attached hydrogens (tertiary/aromatic N) is 2. The quantitative estimate of drug-likeness (QED) is 0.400. The summed E-state index contributed by atoms with van der Waals surface area (Å²) in [6, 6.07) is 9.11. The molecular formula is C11H13FN2O. The van der Waals surface area contributed by atoms with Gasteiger partial charge in [0.2, 0.25) is 0 Å². The predicted molar refractivity (Wildman–Crippen MR) is 57.0 cm³/mol. The normalized spacial score (nSPS) is 17.9. The Hall–Kier alpha value is -1.42. The first-order valence-electron chi connectivity index (χ1n) is 4.98. The van der Waals surface area contributed by atoms with E-state index >= 15 is 0 Å². The average molecular weight is 208 g/mol. The maximum atomic E-state index is 13.6. The molecule has 15 heavy (non-hydrogen) atoms. The van der Waals surface area contributed by atoms with Crippen LogP contribution in [0.2, 0.25) is 0 Å². The van der Waals surface area contributed by atoms with E-state index in [0.717, 1.165) is 0 Å². The molecule has 1 aromatic carbocycles. The summed E-state index contributed by atoms with van der Waals surface area (Å²) in [6.45, 7) is 2.28. The Bertz CT molecular complexity index is 334. The summed E-state index contributed by atoms with van der Waals surface area (Å²) in [5, 5.41) is 0. The van der Waals surface area contributed by atoms with Gasteiger partial charge in [0.1, 0.15) is 0 Å². The van der Waals surface area contributed by atoms with Crippen LogP contribution < -0.4 is 0 Å². The number of rotatable bonds is 1. The van der Waals surface area contributed by atoms with Crippen LogP contribution in [-0.4, -0.2) is 37.3 Å². The number of morpholine rings is 1. The van der Waals surface area contributed by atoms with E-state index in [9.17, 15) is 4.39 Å². The van der Waals surface area contributed by atoms with Crippen LogP contribution in [0.4, 0.5) is 10.1 Å². The Morgan fingerprint density at radius 3 is 2.53 bits per heavy atom. The van der Waals surface area contributed by atoms with Gasteiger partial charge in [0, 0.05) is 13.1 Å². The predicted octanol–water partition coefficient (Wildman–Crippen LogP) is 1.98. The van der Waals surface area contributed by atoms with Crippen molar-refractivity contribution in [3.05, 3.63) is 30.3 Å². The molecule has 0 N–H and O–H groups in total. The third kappa shape index (κ3) is 2.76. The number of ether oxygens (including phenoxy) is 1. The van der Waals surface area contributed by atoms with Gasteiger partial charge in [0.15, 0.2) is 0 Å². The number of amidine groups is 1. The van der Waals surface area contributed by atoms with E-state index in [4.69, 9.17) is 4.74 Å². The Morgan fingerprint density at radius 2 is 1.87 bits per heavy atom. The van der Waals surface area contributed by atoms with E-state index in [1.54, 1.807) is 17.0 Å². The van der Waals surface area contributed by atoms with Crippen molar-refractivity contribution < 1.29 is 9.13 Å². The highest BCUT2D eigenvalue weighted by Gasteiger charge is 2.14. The third-order valence-corrected chi connectivity index (χ3v) is 2.25. The molecule has 0 spiro atoms. The van der Waals surface area contributed by atoms with Crippen LogP contribution in [0.5, 0.6) is 0 Å². The van der Waals surface area contributed by atoms with Gasteiger partial charge in [-0.2, -0.15) is 4.39 Å². The van der Waals surface area contributed by atoms with Gasteiger partial charge in [0.05, 0.1) is 18.9 Å². The summed E-state index contributed by atoms with van der Waals surface area (Å²) < 4.78 is 18.7. The molecule has 1 aliphatic heterocycles. The second-order valence-corrected chi connectivity index (χ2v) is 3.32. The lowest BCUT2D eigenvalue weighted by Gasteiger charge is -2.25. The second kappa shape index (κ2) is 4.89. The van der Waals surface area contributed by atoms with Crippen LogP contribution in [0.25, 0.3) is 0 Å². The zero-order valence-corrected chi connectivity index (χ0v) is 8.40. The molecule has 0 unspecified atom stereocenters. The van der Waals surface area contributed by atoms with Crippen molar-refractivity contribution in [3.8, 4) is 0 Å². The highest BCUT2D eigenvalue weighted by molar-refractivity contribution is 5.76. The Kier molecular flexibility index (Phi) is 3.29. The van der Waals surface area contributed by atoms with Gasteiger partial charge in [0.25, 0.3) is 6.09 Å². The van der Waals surface area contributed by atoms with E-state index in [0.29, 0.717) is 32.0 Å². The van der Waals surface area contributed by atoms with Crippen LogP contribution in [0.3, 0.4) is 0 Å². The number of hydrogen-bond acceptors (Lipinski definition) is 2. The van der Waals surface area contributed by atoms with Crippen molar-refractivity contribution in [2.24, 2.45) is 4.99 Å². The van der Waals surface area contributed by atoms with Crippen molar-refractivity contribution in [1.29, 1.82) is 0 Å². The molecule has 1 saturated heterocycles. The van der Waals surface area contributed by atoms with E-state index in [1.807, 2.05) is 18.2 Å². The summed E-state index contributed by atoms with van der Waals surface area (Å²) in [4.78, 5) is 5.50. The molecule has 1 aromatic rings. The van der Waals surface area contributed by atoms with Gasteiger partial charge < -0.3 is 9.64 Å². The largest absolute Gasteiger partial charge is 0.378 e. The minimum Gasteiger partial charge on any atom is -0.378 e. The second-order valence-electron chi connectivity index (χ2n) is 3.32. The van der Waals surface area contributed by atoms with Crippen LogP contribution >= 0.6 is 0 Å². The van der Waals surface area contributed by atoms with Crippen molar-refractivity contribution >= 4 is 11.8 Å². The fraction of sp³-hybridized carbons (Fsp3) is 0.364. The molecular weight excluding hydrogens is 195 g/mol. The number of para-hydroxylation sites is 1. The fourth-order valence-corrected chi connectivity index (χ4v) is 1.43. The van der Waals surface area contributed by atoms with Gasteiger partial charge in [-0.15, -0.1) is 0 Å². The van der Waals surface area contributed by atoms with Gasteiger partial charge in [-0.25, -0.2) is 4.99 Å². The lowest BCUT2D eigenvalue weighted by molar-refractivity contribution is 0.0639. The first-order chi connectivity index (χ1) is 7.36. The molecule has 0 aliphatic carbocycles. The Balaban J connectivity index is 2.06. The molecule has 3 nitrogen and oxygen atoms in total. The van der Waals surface area contributed by atoms with E-state index < -0.39 is 6.09 Å². The Morgan fingerprint density at radius 1 is 1.20 bits per heavy atom. The molecule has 1 fully saturated rings. The lowest BCUT2D eigenvalue weighted by atomic mass is 10.3. The molecule has 1 heterocycles. The van der Waals surface area contributed by atoms with Gasteiger partial charge >= 0.3 is 0 Å². The van der Waals surface area contributed by atoms with E-state index in [-0.39, 0.29) is 0 Å². The van der Waals surface area contributed by atoms with Gasteiger partial charge in [-0.1, -0.05) is 18.2 Å². The highest BCUT2D eigenvalue weighted by atomic mass is 19.1. The van der Waals surface area contributed by atoms with Crippen LogP contribution in [0, 0.1) is 0 Å². The van der Waals surface area contributed by atoms with E-state index in [1.165, 1.54) is 0 Å². The molecule has 0 radical (unpaired) electrons. The summed E-state index contributed by atoms with van der Waals surface area (Å²) in [7, 11) is 0. The lowest BCUT2D eigenvalue weighted by Crippen LogP contribution is -2.38. The van der Waals surface area contributed by atoms with Crippen LogP contribution in [0.1, 0.15) is 0 Å². The maximum absolute atomic E-state index is 13.6. The number of benzene rings is 1.